The summed E-state index contributed by atoms with van der Waals surface area (Å²) in [6.07, 6.45) is 1.69. The molecular weight excluding hydrogens is 248 g/mol. The van der Waals surface area contributed by atoms with E-state index in [9.17, 15) is 0 Å². The number of nitrogen functional groups attached to an aromatic ring is 1. The third kappa shape index (κ3) is 3.29. The Morgan fingerprint density at radius 2 is 1.75 bits per heavy atom. The van der Waals surface area contributed by atoms with Gasteiger partial charge in [0.1, 0.15) is 11.4 Å². The van der Waals surface area contributed by atoms with Gasteiger partial charge in [-0.3, -0.25) is 4.98 Å². The molecule has 2 rings (SSSR count). The molecule has 20 heavy (non-hydrogen) atoms. The molecular formula is C17H22N2O. The molecule has 106 valence electrons. The largest absolute Gasteiger partial charge is 0.488 e. The third-order valence-electron chi connectivity index (χ3n) is 3.02. The average Bonchev–Trinajstić information content (AvgIpc) is 2.31. The zero-order chi connectivity index (χ0) is 14.9. The van der Waals surface area contributed by atoms with E-state index in [2.05, 4.69) is 24.0 Å². The van der Waals surface area contributed by atoms with Crippen molar-refractivity contribution in [1.82, 2.24) is 4.98 Å². The highest BCUT2D eigenvalue weighted by Gasteiger charge is 2.13. The molecule has 3 nitrogen and oxygen atoms in total. The lowest BCUT2D eigenvalue weighted by atomic mass is 9.99. The molecule has 0 aliphatic heterocycles. The lowest BCUT2D eigenvalue weighted by molar-refractivity contribution is 0.131. The summed E-state index contributed by atoms with van der Waals surface area (Å²) in [6.45, 7) is 10.2. The number of nitrogens with zero attached hydrogens (tertiary/aromatic N) is 1. The van der Waals surface area contributed by atoms with E-state index in [1.807, 2.05) is 39.8 Å². The lowest BCUT2D eigenvalue weighted by Gasteiger charge is -2.22. The second kappa shape index (κ2) is 5.16. The zero-order valence-electron chi connectivity index (χ0n) is 12.8. The van der Waals surface area contributed by atoms with E-state index < -0.39 is 0 Å². The molecule has 0 amide bonds. The quantitative estimate of drug-likeness (QED) is 0.892. The van der Waals surface area contributed by atoms with Crippen LogP contribution in [0, 0.1) is 13.8 Å². The summed E-state index contributed by atoms with van der Waals surface area (Å²) in [5.41, 5.74) is 10.7. The van der Waals surface area contributed by atoms with Gasteiger partial charge in [-0.25, -0.2) is 0 Å². The lowest BCUT2D eigenvalue weighted by Crippen LogP contribution is -2.22. The van der Waals surface area contributed by atoms with Crippen molar-refractivity contribution in [3.63, 3.8) is 0 Å². The number of aryl methyl sites for hydroxylation is 2. The molecule has 0 saturated heterocycles. The van der Waals surface area contributed by atoms with Crippen molar-refractivity contribution in [2.24, 2.45) is 0 Å². The standard InChI is InChI=1S/C17H22N2O/c1-11-8-14(20-17(3,4)5)6-7-15(11)16-9-13(18)10-19-12(16)2/h6-10H,18H2,1-5H3. The van der Waals surface area contributed by atoms with Crippen molar-refractivity contribution in [2.75, 3.05) is 5.73 Å². The summed E-state index contributed by atoms with van der Waals surface area (Å²) >= 11 is 0. The second-order valence-corrected chi connectivity index (χ2v) is 6.09. The van der Waals surface area contributed by atoms with E-state index >= 15 is 0 Å². The number of ether oxygens (including phenoxy) is 1. The molecule has 0 fully saturated rings. The van der Waals surface area contributed by atoms with E-state index in [-0.39, 0.29) is 5.60 Å². The molecule has 0 bridgehead atoms. The van der Waals surface area contributed by atoms with Crippen LogP contribution >= 0.6 is 0 Å². The SMILES string of the molecule is Cc1cc(OC(C)(C)C)ccc1-c1cc(N)cnc1C. The molecule has 2 aromatic rings. The number of hydrogen-bond donors (Lipinski definition) is 1. The number of anilines is 1. The number of hydrogen-bond acceptors (Lipinski definition) is 3. The molecule has 0 atom stereocenters. The number of aromatic nitrogens is 1. The van der Waals surface area contributed by atoms with Crippen molar-refractivity contribution in [3.8, 4) is 16.9 Å². The Hall–Kier alpha value is -2.03. The molecule has 0 radical (unpaired) electrons. The first-order valence-corrected chi connectivity index (χ1v) is 6.78. The van der Waals surface area contributed by atoms with E-state index in [1.165, 1.54) is 0 Å². The summed E-state index contributed by atoms with van der Waals surface area (Å²) in [5, 5.41) is 0. The van der Waals surface area contributed by atoms with Crippen LogP contribution in [0.25, 0.3) is 11.1 Å². The summed E-state index contributed by atoms with van der Waals surface area (Å²) < 4.78 is 5.89. The van der Waals surface area contributed by atoms with Crippen molar-refractivity contribution in [1.29, 1.82) is 0 Å². The number of nitrogens with two attached hydrogens (primary N) is 1. The highest BCUT2D eigenvalue weighted by atomic mass is 16.5. The predicted molar refractivity (Wildman–Crippen MR) is 83.9 cm³/mol. The number of benzene rings is 1. The maximum absolute atomic E-state index is 5.89. The van der Waals surface area contributed by atoms with Gasteiger partial charge >= 0.3 is 0 Å². The van der Waals surface area contributed by atoms with E-state index in [0.29, 0.717) is 5.69 Å². The van der Waals surface area contributed by atoms with Gasteiger partial charge in [-0.2, -0.15) is 0 Å². The highest BCUT2D eigenvalue weighted by molar-refractivity contribution is 5.72. The molecule has 3 heteroatoms. The van der Waals surface area contributed by atoms with Gasteiger partial charge in [0.25, 0.3) is 0 Å². The Kier molecular flexibility index (Phi) is 3.71. The van der Waals surface area contributed by atoms with Crippen LogP contribution in [0.1, 0.15) is 32.0 Å². The van der Waals surface area contributed by atoms with Crippen LogP contribution in [-0.2, 0) is 0 Å². The fourth-order valence-corrected chi connectivity index (χ4v) is 2.18. The fourth-order valence-electron chi connectivity index (χ4n) is 2.18. The molecule has 0 aliphatic carbocycles. The monoisotopic (exact) mass is 270 g/mol. The van der Waals surface area contributed by atoms with Gasteiger partial charge in [0, 0.05) is 11.3 Å². The van der Waals surface area contributed by atoms with Crippen LogP contribution in [-0.4, -0.2) is 10.6 Å². The first-order valence-electron chi connectivity index (χ1n) is 6.78. The van der Waals surface area contributed by atoms with Gasteiger partial charge in [-0.15, -0.1) is 0 Å². The Labute approximate surface area is 120 Å². The van der Waals surface area contributed by atoms with E-state index in [1.54, 1.807) is 6.20 Å². The van der Waals surface area contributed by atoms with Crippen molar-refractivity contribution in [2.45, 2.75) is 40.2 Å². The topological polar surface area (TPSA) is 48.1 Å². The molecule has 0 saturated carbocycles. The molecule has 0 aliphatic rings. The molecule has 1 aromatic carbocycles. The normalized spacial score (nSPS) is 11.4. The predicted octanol–water partition coefficient (Wildman–Crippen LogP) is 4.12. The summed E-state index contributed by atoms with van der Waals surface area (Å²) in [4.78, 5) is 4.32. The van der Waals surface area contributed by atoms with Crippen LogP contribution in [0.4, 0.5) is 5.69 Å². The minimum absolute atomic E-state index is 0.192. The van der Waals surface area contributed by atoms with Gasteiger partial charge in [-0.05, 0) is 63.9 Å². The highest BCUT2D eigenvalue weighted by Crippen LogP contribution is 2.30. The first kappa shape index (κ1) is 14.4. The first-order chi connectivity index (χ1) is 9.26. The van der Waals surface area contributed by atoms with Gasteiger partial charge in [0.15, 0.2) is 0 Å². The summed E-state index contributed by atoms with van der Waals surface area (Å²) in [5.74, 6) is 0.883. The van der Waals surface area contributed by atoms with Crippen molar-refractivity contribution < 1.29 is 4.74 Å². The smallest absolute Gasteiger partial charge is 0.120 e. The Balaban J connectivity index is 2.42. The third-order valence-corrected chi connectivity index (χ3v) is 3.02. The van der Waals surface area contributed by atoms with Crippen LogP contribution < -0.4 is 10.5 Å². The average molecular weight is 270 g/mol. The van der Waals surface area contributed by atoms with Gasteiger partial charge < -0.3 is 10.5 Å². The minimum atomic E-state index is -0.192. The molecule has 1 heterocycles. The molecule has 2 N–H and O–H groups in total. The maximum atomic E-state index is 5.89. The number of rotatable bonds is 2. The van der Waals surface area contributed by atoms with Crippen LogP contribution in [0.3, 0.4) is 0 Å². The molecule has 0 unspecified atom stereocenters. The van der Waals surface area contributed by atoms with Crippen LogP contribution in [0.15, 0.2) is 30.5 Å². The second-order valence-electron chi connectivity index (χ2n) is 6.09. The van der Waals surface area contributed by atoms with Gasteiger partial charge in [0.2, 0.25) is 0 Å². The van der Waals surface area contributed by atoms with Crippen molar-refractivity contribution >= 4 is 5.69 Å². The van der Waals surface area contributed by atoms with E-state index in [0.717, 1.165) is 28.1 Å². The van der Waals surface area contributed by atoms with E-state index in [4.69, 9.17) is 10.5 Å². The number of pyridine rings is 1. The van der Waals surface area contributed by atoms with Gasteiger partial charge in [-0.1, -0.05) is 6.07 Å². The van der Waals surface area contributed by atoms with Gasteiger partial charge in [0.05, 0.1) is 11.9 Å². The molecule has 1 aromatic heterocycles. The maximum Gasteiger partial charge on any atom is 0.120 e. The van der Waals surface area contributed by atoms with Crippen LogP contribution in [0.2, 0.25) is 0 Å². The Morgan fingerprint density at radius 1 is 1.05 bits per heavy atom. The fraction of sp³-hybridized carbons (Fsp3) is 0.353. The Bertz CT molecular complexity index is 627. The minimum Gasteiger partial charge on any atom is -0.488 e. The van der Waals surface area contributed by atoms with Crippen LogP contribution in [0.5, 0.6) is 5.75 Å². The molecule has 0 spiro atoms. The summed E-state index contributed by atoms with van der Waals surface area (Å²) in [6, 6.07) is 8.09. The zero-order valence-corrected chi connectivity index (χ0v) is 12.8. The van der Waals surface area contributed by atoms with Crippen molar-refractivity contribution in [3.05, 3.63) is 41.7 Å². The Morgan fingerprint density at radius 3 is 2.35 bits per heavy atom. The summed E-state index contributed by atoms with van der Waals surface area (Å²) in [7, 11) is 0.